The second-order valence-electron chi connectivity index (χ2n) is 3.87. The minimum Gasteiger partial charge on any atom is -0.233 e. The van der Waals surface area contributed by atoms with Crippen LogP contribution in [0.1, 0.15) is 16.8 Å². The quantitative estimate of drug-likeness (QED) is 0.752. The Hall–Kier alpha value is -2.28. The molecule has 0 spiro atoms. The van der Waals surface area contributed by atoms with Gasteiger partial charge in [0.05, 0.1) is 0 Å². The van der Waals surface area contributed by atoms with Crippen molar-refractivity contribution >= 4 is 0 Å². The fourth-order valence-corrected chi connectivity index (χ4v) is 1.76. The van der Waals surface area contributed by atoms with Gasteiger partial charge in [-0.2, -0.15) is 5.26 Å². The Morgan fingerprint density at radius 2 is 1.76 bits per heavy atom. The predicted octanol–water partition coefficient (Wildman–Crippen LogP) is 2.77. The highest BCUT2D eigenvalue weighted by Crippen LogP contribution is 2.23. The van der Waals surface area contributed by atoms with Crippen molar-refractivity contribution in [2.75, 3.05) is 0 Å². The summed E-state index contributed by atoms with van der Waals surface area (Å²) in [5.74, 6) is -0.667. The molecule has 0 aliphatic heterocycles. The SMILES string of the molecule is Cc1cc(C)cc(-c2ncnc(C#N)c2F)c1. The van der Waals surface area contributed by atoms with Crippen LogP contribution in [0.15, 0.2) is 24.5 Å². The number of hydrogen-bond donors (Lipinski definition) is 0. The molecule has 4 heteroatoms. The van der Waals surface area contributed by atoms with E-state index in [0.29, 0.717) is 5.56 Å². The smallest absolute Gasteiger partial charge is 0.185 e. The Kier molecular flexibility index (Phi) is 2.84. The normalized spacial score (nSPS) is 10.0. The maximum Gasteiger partial charge on any atom is 0.185 e. The summed E-state index contributed by atoms with van der Waals surface area (Å²) in [7, 11) is 0. The van der Waals surface area contributed by atoms with Crippen LogP contribution in [0.3, 0.4) is 0 Å². The topological polar surface area (TPSA) is 49.6 Å². The average molecular weight is 227 g/mol. The van der Waals surface area contributed by atoms with Crippen LogP contribution < -0.4 is 0 Å². The van der Waals surface area contributed by atoms with E-state index in [4.69, 9.17) is 5.26 Å². The summed E-state index contributed by atoms with van der Waals surface area (Å²) in [5, 5.41) is 8.72. The minimum atomic E-state index is -0.667. The van der Waals surface area contributed by atoms with Gasteiger partial charge in [-0.25, -0.2) is 14.4 Å². The molecule has 0 bridgehead atoms. The number of aromatic nitrogens is 2. The van der Waals surface area contributed by atoms with Crippen molar-refractivity contribution in [1.82, 2.24) is 9.97 Å². The molecule has 0 aliphatic carbocycles. The van der Waals surface area contributed by atoms with Crippen LogP contribution in [0.2, 0.25) is 0 Å². The molecular formula is C13H10FN3. The fourth-order valence-electron chi connectivity index (χ4n) is 1.76. The van der Waals surface area contributed by atoms with Gasteiger partial charge in [-0.05, 0) is 26.0 Å². The highest BCUT2D eigenvalue weighted by Gasteiger charge is 2.12. The number of nitriles is 1. The van der Waals surface area contributed by atoms with Crippen molar-refractivity contribution in [3.05, 3.63) is 47.2 Å². The molecule has 1 aromatic carbocycles. The first kappa shape index (κ1) is 11.2. The molecule has 3 nitrogen and oxygen atoms in total. The monoisotopic (exact) mass is 227 g/mol. The largest absolute Gasteiger partial charge is 0.233 e. The molecule has 0 saturated carbocycles. The van der Waals surface area contributed by atoms with Crippen LogP contribution in [0.25, 0.3) is 11.3 Å². The van der Waals surface area contributed by atoms with Crippen molar-refractivity contribution in [3.63, 3.8) is 0 Å². The third-order valence-corrected chi connectivity index (χ3v) is 2.39. The number of halogens is 1. The lowest BCUT2D eigenvalue weighted by Crippen LogP contribution is -1.97. The van der Waals surface area contributed by atoms with E-state index in [1.54, 1.807) is 6.07 Å². The maximum atomic E-state index is 13.9. The molecule has 2 rings (SSSR count). The average Bonchev–Trinajstić information content (AvgIpc) is 2.28. The van der Waals surface area contributed by atoms with Gasteiger partial charge >= 0.3 is 0 Å². The van der Waals surface area contributed by atoms with Crippen LogP contribution >= 0.6 is 0 Å². The lowest BCUT2D eigenvalue weighted by molar-refractivity contribution is 0.613. The molecule has 84 valence electrons. The molecule has 0 radical (unpaired) electrons. The summed E-state index contributed by atoms with van der Waals surface area (Å²) in [5.41, 5.74) is 2.66. The zero-order valence-corrected chi connectivity index (χ0v) is 9.53. The summed E-state index contributed by atoms with van der Waals surface area (Å²) in [6.45, 7) is 3.86. The molecule has 1 heterocycles. The third-order valence-electron chi connectivity index (χ3n) is 2.39. The standard InChI is InChI=1S/C13H10FN3/c1-8-3-9(2)5-10(4-8)13-12(14)11(6-15)16-7-17-13/h3-5,7H,1-2H3. The van der Waals surface area contributed by atoms with Crippen molar-refractivity contribution < 1.29 is 4.39 Å². The summed E-state index contributed by atoms with van der Waals surface area (Å²) < 4.78 is 13.9. The van der Waals surface area contributed by atoms with E-state index < -0.39 is 5.82 Å². The molecule has 0 atom stereocenters. The number of aryl methyl sites for hydroxylation is 2. The van der Waals surface area contributed by atoms with Gasteiger partial charge in [0, 0.05) is 5.56 Å². The molecule has 2 aromatic rings. The zero-order chi connectivity index (χ0) is 12.4. The van der Waals surface area contributed by atoms with Gasteiger partial charge in [0.1, 0.15) is 18.1 Å². The molecule has 0 amide bonds. The molecule has 1 aromatic heterocycles. The van der Waals surface area contributed by atoms with Crippen LogP contribution in [0.5, 0.6) is 0 Å². The van der Waals surface area contributed by atoms with Gasteiger partial charge in [-0.15, -0.1) is 0 Å². The first-order chi connectivity index (χ1) is 8.11. The van der Waals surface area contributed by atoms with Crippen molar-refractivity contribution in [3.8, 4) is 17.3 Å². The van der Waals surface area contributed by atoms with Gasteiger partial charge in [0.2, 0.25) is 0 Å². The van der Waals surface area contributed by atoms with E-state index in [2.05, 4.69) is 9.97 Å². The molecular weight excluding hydrogens is 217 g/mol. The van der Waals surface area contributed by atoms with Crippen molar-refractivity contribution in [1.29, 1.82) is 5.26 Å². The second kappa shape index (κ2) is 4.30. The Morgan fingerprint density at radius 1 is 1.12 bits per heavy atom. The summed E-state index contributed by atoms with van der Waals surface area (Å²) in [4.78, 5) is 7.48. The van der Waals surface area contributed by atoms with Crippen LogP contribution in [0.4, 0.5) is 4.39 Å². The van der Waals surface area contributed by atoms with Gasteiger partial charge in [-0.3, -0.25) is 0 Å². The van der Waals surface area contributed by atoms with E-state index in [0.717, 1.165) is 11.1 Å². The van der Waals surface area contributed by atoms with E-state index in [1.165, 1.54) is 6.33 Å². The van der Waals surface area contributed by atoms with E-state index >= 15 is 0 Å². The van der Waals surface area contributed by atoms with Gasteiger partial charge < -0.3 is 0 Å². The van der Waals surface area contributed by atoms with Gasteiger partial charge in [0.15, 0.2) is 11.5 Å². The third kappa shape index (κ3) is 2.13. The molecule has 0 fully saturated rings. The number of hydrogen-bond acceptors (Lipinski definition) is 3. The van der Waals surface area contributed by atoms with E-state index in [-0.39, 0.29) is 11.4 Å². The first-order valence-corrected chi connectivity index (χ1v) is 5.11. The minimum absolute atomic E-state index is 0.170. The summed E-state index contributed by atoms with van der Waals surface area (Å²) in [6, 6.07) is 7.37. The van der Waals surface area contributed by atoms with E-state index in [1.807, 2.05) is 32.0 Å². The number of benzene rings is 1. The predicted molar refractivity (Wildman–Crippen MR) is 61.6 cm³/mol. The lowest BCUT2D eigenvalue weighted by Gasteiger charge is -2.05. The second-order valence-corrected chi connectivity index (χ2v) is 3.87. The van der Waals surface area contributed by atoms with E-state index in [9.17, 15) is 4.39 Å². The van der Waals surface area contributed by atoms with Gasteiger partial charge in [0.25, 0.3) is 0 Å². The fraction of sp³-hybridized carbons (Fsp3) is 0.154. The number of rotatable bonds is 1. The summed E-state index contributed by atoms with van der Waals surface area (Å²) in [6.07, 6.45) is 1.20. The van der Waals surface area contributed by atoms with Crippen molar-refractivity contribution in [2.45, 2.75) is 13.8 Å². The maximum absolute atomic E-state index is 13.9. The number of nitrogens with zero attached hydrogens (tertiary/aromatic N) is 3. The Bertz CT molecular complexity index is 594. The molecule has 0 aliphatic rings. The molecule has 0 saturated heterocycles. The lowest BCUT2D eigenvalue weighted by atomic mass is 10.0. The van der Waals surface area contributed by atoms with Crippen LogP contribution in [-0.2, 0) is 0 Å². The zero-order valence-electron chi connectivity index (χ0n) is 9.53. The Morgan fingerprint density at radius 3 is 2.35 bits per heavy atom. The van der Waals surface area contributed by atoms with Crippen LogP contribution in [0, 0.1) is 31.0 Å². The van der Waals surface area contributed by atoms with Gasteiger partial charge in [-0.1, -0.05) is 17.2 Å². The molecule has 0 N–H and O–H groups in total. The Labute approximate surface area is 98.6 Å². The highest BCUT2D eigenvalue weighted by molar-refractivity contribution is 5.62. The molecule has 17 heavy (non-hydrogen) atoms. The highest BCUT2D eigenvalue weighted by atomic mass is 19.1. The van der Waals surface area contributed by atoms with Crippen LogP contribution in [-0.4, -0.2) is 9.97 Å². The van der Waals surface area contributed by atoms with Crippen molar-refractivity contribution in [2.24, 2.45) is 0 Å². The Balaban J connectivity index is 2.65. The molecule has 0 unspecified atom stereocenters. The first-order valence-electron chi connectivity index (χ1n) is 5.11. The summed E-state index contributed by atoms with van der Waals surface area (Å²) >= 11 is 0.